The van der Waals surface area contributed by atoms with Gasteiger partial charge >= 0.3 is 0 Å². The van der Waals surface area contributed by atoms with Gasteiger partial charge < -0.3 is 10.2 Å². The SMILES string of the molecule is Oc1ccccc1-c1c(O)c(Cl)c(Cl)c(Cl)c1Cl.n1pnpnp1. The molecule has 1 heterocycles. The summed E-state index contributed by atoms with van der Waals surface area (Å²) in [4.78, 5) is 0. The number of aromatic hydroxyl groups is 2. The summed E-state index contributed by atoms with van der Waals surface area (Å²) in [6, 6.07) is 6.36. The highest BCUT2D eigenvalue weighted by Gasteiger charge is 2.22. The number of aromatic nitrogens is 3. The van der Waals surface area contributed by atoms with Gasteiger partial charge in [0, 0.05) is 11.1 Å². The number of rotatable bonds is 1. The van der Waals surface area contributed by atoms with Crippen molar-refractivity contribution in [1.29, 1.82) is 0 Å². The number of halogens is 4. The minimum atomic E-state index is -0.322. The minimum absolute atomic E-state index is 0.0272. The van der Waals surface area contributed by atoms with Crippen molar-refractivity contribution in [1.82, 2.24) is 13.5 Å². The fourth-order valence-corrected chi connectivity index (χ4v) is 4.43. The van der Waals surface area contributed by atoms with E-state index in [2.05, 4.69) is 13.5 Å². The summed E-state index contributed by atoms with van der Waals surface area (Å²) in [7, 11) is 2.49. The number of para-hydroxylation sites is 1. The first-order valence-corrected chi connectivity index (χ1v) is 9.89. The van der Waals surface area contributed by atoms with Gasteiger partial charge in [0.05, 0.1) is 15.1 Å². The molecule has 0 amide bonds. The first-order chi connectivity index (χ1) is 11.4. The van der Waals surface area contributed by atoms with E-state index in [-0.39, 0.29) is 37.2 Å². The van der Waals surface area contributed by atoms with Gasteiger partial charge in [0.15, 0.2) is 25.5 Å². The topological polar surface area (TPSA) is 79.1 Å². The van der Waals surface area contributed by atoms with Gasteiger partial charge in [-0.3, -0.25) is 0 Å². The summed E-state index contributed by atoms with van der Waals surface area (Å²) in [5, 5.41) is 19.7. The average molecular weight is 459 g/mol. The van der Waals surface area contributed by atoms with Crippen LogP contribution in [0.4, 0.5) is 0 Å². The van der Waals surface area contributed by atoms with Crippen LogP contribution in [0.15, 0.2) is 24.3 Å². The highest BCUT2D eigenvalue weighted by atomic mass is 35.5. The first-order valence-electron chi connectivity index (χ1n) is 5.98. The maximum absolute atomic E-state index is 9.99. The van der Waals surface area contributed by atoms with Crippen molar-refractivity contribution in [2.45, 2.75) is 0 Å². The molecular formula is C12H6Cl4N3O2P3. The second-order valence-electron chi connectivity index (χ2n) is 4.03. The zero-order chi connectivity index (χ0) is 17.7. The summed E-state index contributed by atoms with van der Waals surface area (Å²) in [5.74, 6) is -0.373. The van der Waals surface area contributed by atoms with E-state index in [1.807, 2.05) is 0 Å². The van der Waals surface area contributed by atoms with Crippen LogP contribution in [0.5, 0.6) is 11.5 Å². The number of benzene rings is 2. The molecule has 12 heteroatoms. The summed E-state index contributed by atoms with van der Waals surface area (Å²) in [6.07, 6.45) is 0. The van der Waals surface area contributed by atoms with E-state index >= 15 is 0 Å². The lowest BCUT2D eigenvalue weighted by Gasteiger charge is -2.13. The van der Waals surface area contributed by atoms with Crippen LogP contribution in [-0.4, -0.2) is 23.7 Å². The molecule has 2 N–H and O–H groups in total. The lowest BCUT2D eigenvalue weighted by molar-refractivity contribution is 0.469. The smallest absolute Gasteiger partial charge is 0.166 e. The largest absolute Gasteiger partial charge is 0.507 e. The van der Waals surface area contributed by atoms with Crippen molar-refractivity contribution in [2.24, 2.45) is 0 Å². The van der Waals surface area contributed by atoms with Crippen LogP contribution in [0.25, 0.3) is 11.1 Å². The third kappa shape index (κ3) is 4.56. The van der Waals surface area contributed by atoms with Crippen molar-refractivity contribution in [3.8, 4) is 22.6 Å². The highest BCUT2D eigenvalue weighted by Crippen LogP contribution is 2.50. The second kappa shape index (κ2) is 9.27. The summed E-state index contributed by atoms with van der Waals surface area (Å²) < 4.78 is 11.3. The molecule has 0 unspecified atom stereocenters. The van der Waals surface area contributed by atoms with E-state index in [0.717, 1.165) is 25.5 Å². The molecule has 0 bridgehead atoms. The van der Waals surface area contributed by atoms with Crippen molar-refractivity contribution < 1.29 is 10.2 Å². The van der Waals surface area contributed by atoms with Crippen LogP contribution in [-0.2, 0) is 0 Å². The zero-order valence-electron chi connectivity index (χ0n) is 11.4. The molecule has 124 valence electrons. The Labute approximate surface area is 162 Å². The number of phenolic OH excluding ortho intramolecular Hbond substituents is 2. The van der Waals surface area contributed by atoms with E-state index in [0.29, 0.717) is 5.56 Å². The molecule has 3 rings (SSSR count). The Morgan fingerprint density at radius 3 is 1.71 bits per heavy atom. The molecule has 0 saturated carbocycles. The van der Waals surface area contributed by atoms with Gasteiger partial charge in [0.2, 0.25) is 0 Å². The Morgan fingerprint density at radius 1 is 0.708 bits per heavy atom. The monoisotopic (exact) mass is 457 g/mol. The third-order valence-corrected chi connectivity index (χ3v) is 6.37. The van der Waals surface area contributed by atoms with Crippen LogP contribution in [0.2, 0.25) is 20.1 Å². The van der Waals surface area contributed by atoms with E-state index in [1.165, 1.54) is 6.07 Å². The normalized spacial score (nSPS) is 11.0. The predicted octanol–water partition coefficient (Wildman–Crippen LogP) is 6.99. The van der Waals surface area contributed by atoms with E-state index in [9.17, 15) is 10.2 Å². The molecule has 5 nitrogen and oxygen atoms in total. The Balaban J connectivity index is 0.000000292. The summed E-state index contributed by atoms with van der Waals surface area (Å²) in [5.41, 5.74) is 0.467. The molecule has 0 aliphatic heterocycles. The molecule has 0 saturated heterocycles. The highest BCUT2D eigenvalue weighted by molar-refractivity contribution is 7.43. The molecule has 2 aromatic carbocycles. The van der Waals surface area contributed by atoms with Gasteiger partial charge in [0.25, 0.3) is 0 Å². The van der Waals surface area contributed by atoms with Crippen LogP contribution >= 0.6 is 71.9 Å². The third-order valence-electron chi connectivity index (χ3n) is 2.66. The molecular weight excluding hydrogens is 453 g/mol. The number of hydrogen-bond donors (Lipinski definition) is 2. The van der Waals surface area contributed by atoms with Crippen molar-refractivity contribution >= 4 is 71.9 Å². The van der Waals surface area contributed by atoms with E-state index in [4.69, 9.17) is 46.4 Å². The Hall–Kier alpha value is -0.500. The second-order valence-corrected chi connectivity index (χ2v) is 8.23. The maximum Gasteiger partial charge on any atom is 0.166 e. The molecule has 0 aliphatic rings. The van der Waals surface area contributed by atoms with Crippen LogP contribution < -0.4 is 0 Å². The fourth-order valence-electron chi connectivity index (χ4n) is 1.66. The van der Waals surface area contributed by atoms with Gasteiger partial charge in [-0.1, -0.05) is 64.6 Å². The molecule has 3 aromatic rings. The Kier molecular flexibility index (Phi) is 7.65. The molecule has 0 radical (unpaired) electrons. The van der Waals surface area contributed by atoms with Gasteiger partial charge in [-0.2, -0.15) is 13.5 Å². The summed E-state index contributed by atoms with van der Waals surface area (Å²) in [6.45, 7) is 0. The Bertz CT molecular complexity index is 803. The van der Waals surface area contributed by atoms with Gasteiger partial charge in [0.1, 0.15) is 16.5 Å². The van der Waals surface area contributed by atoms with Gasteiger partial charge in [-0.05, 0) is 6.07 Å². The lowest BCUT2D eigenvalue weighted by Crippen LogP contribution is -1.86. The Morgan fingerprint density at radius 2 is 1.21 bits per heavy atom. The van der Waals surface area contributed by atoms with Crippen LogP contribution in [0, 0.1) is 0 Å². The molecule has 0 fully saturated rings. The average Bonchev–Trinajstić information content (AvgIpc) is 2.62. The first kappa shape index (κ1) is 19.8. The van der Waals surface area contributed by atoms with Crippen molar-refractivity contribution in [2.75, 3.05) is 0 Å². The molecule has 1 aromatic heterocycles. The standard InChI is InChI=1S/C12H6Cl4O2.N3P3/c13-8-7(5-3-1-2-4-6(5)17)12(18)11(16)10(15)9(8)14;1-4-2-6-3-5-1/h1-4,17-18H;. The lowest BCUT2D eigenvalue weighted by atomic mass is 10.0. The van der Waals surface area contributed by atoms with Crippen molar-refractivity contribution in [3.05, 3.63) is 44.4 Å². The van der Waals surface area contributed by atoms with Gasteiger partial charge in [-0.25, -0.2) is 0 Å². The molecule has 0 spiro atoms. The van der Waals surface area contributed by atoms with Crippen LogP contribution in [0.3, 0.4) is 0 Å². The van der Waals surface area contributed by atoms with Gasteiger partial charge in [-0.15, -0.1) is 0 Å². The fraction of sp³-hybridized carbons (Fsp3) is 0. The minimum Gasteiger partial charge on any atom is -0.507 e. The quantitative estimate of drug-likeness (QED) is 0.303. The summed E-state index contributed by atoms with van der Waals surface area (Å²) >= 11 is 23.6. The number of nitrogens with zero attached hydrogens (tertiary/aromatic N) is 3. The number of phenols is 2. The number of hydrogen-bond acceptors (Lipinski definition) is 5. The molecule has 0 atom stereocenters. The zero-order valence-corrected chi connectivity index (χ0v) is 17.1. The predicted molar refractivity (Wildman–Crippen MR) is 103 cm³/mol. The van der Waals surface area contributed by atoms with E-state index in [1.54, 1.807) is 18.2 Å². The van der Waals surface area contributed by atoms with E-state index < -0.39 is 0 Å². The molecule has 0 aliphatic carbocycles. The molecule has 24 heavy (non-hydrogen) atoms. The maximum atomic E-state index is 9.99. The van der Waals surface area contributed by atoms with Crippen molar-refractivity contribution in [3.63, 3.8) is 0 Å². The van der Waals surface area contributed by atoms with Crippen LogP contribution in [0.1, 0.15) is 0 Å².